The molecule has 0 aliphatic heterocycles. The highest BCUT2D eigenvalue weighted by Crippen LogP contribution is 2.28. The van der Waals surface area contributed by atoms with Crippen molar-refractivity contribution in [2.75, 3.05) is 5.32 Å². The zero-order chi connectivity index (χ0) is 21.0. The number of aromatic amines is 1. The molecule has 152 valence electrons. The maximum atomic E-state index is 13.0. The molecule has 0 aliphatic rings. The predicted molar refractivity (Wildman–Crippen MR) is 95.7 cm³/mol. The fourth-order valence-electron chi connectivity index (χ4n) is 2.27. The van der Waals surface area contributed by atoms with Gasteiger partial charge in [0.1, 0.15) is 29.6 Å². The Labute approximate surface area is 161 Å². The number of furan rings is 1. The van der Waals surface area contributed by atoms with Gasteiger partial charge in [0.05, 0.1) is 0 Å². The third-order valence-electron chi connectivity index (χ3n) is 3.66. The molecule has 11 heteroatoms. The Kier molecular flexibility index (Phi) is 5.66. The summed E-state index contributed by atoms with van der Waals surface area (Å²) in [5, 5.41) is 10.3. The first-order valence-electron chi connectivity index (χ1n) is 8.27. The molecule has 2 aromatic heterocycles. The third-order valence-corrected chi connectivity index (χ3v) is 3.66. The van der Waals surface area contributed by atoms with E-state index in [2.05, 4.69) is 20.7 Å². The van der Waals surface area contributed by atoms with E-state index in [1.807, 2.05) is 5.10 Å². The number of carbonyl (C=O) groups is 1. The molecule has 3 N–H and O–H groups in total. The van der Waals surface area contributed by atoms with Crippen LogP contribution in [-0.4, -0.2) is 22.1 Å². The van der Waals surface area contributed by atoms with Crippen LogP contribution in [0.25, 0.3) is 0 Å². The molecule has 0 bridgehead atoms. The molecule has 3 rings (SSSR count). The van der Waals surface area contributed by atoms with Crippen molar-refractivity contribution in [3.05, 3.63) is 71.1 Å². The predicted octanol–water partition coefficient (Wildman–Crippen LogP) is 3.87. The molecule has 0 radical (unpaired) electrons. The molecule has 0 spiro atoms. The van der Waals surface area contributed by atoms with E-state index in [1.165, 1.54) is 12.1 Å². The zero-order valence-electron chi connectivity index (χ0n) is 15.0. The lowest BCUT2D eigenvalue weighted by Crippen LogP contribution is -2.36. The molecular weight excluding hydrogens is 394 g/mol. The first kappa shape index (κ1) is 20.1. The average Bonchev–Trinajstić information content (AvgIpc) is 3.29. The minimum Gasteiger partial charge on any atom is -0.464 e. The third kappa shape index (κ3) is 5.43. The minimum atomic E-state index is -4.60. The van der Waals surface area contributed by atoms with Crippen molar-refractivity contribution in [2.45, 2.75) is 19.6 Å². The van der Waals surface area contributed by atoms with E-state index >= 15 is 0 Å². The Morgan fingerprint density at radius 2 is 1.93 bits per heavy atom. The van der Waals surface area contributed by atoms with Gasteiger partial charge in [-0.2, -0.15) is 18.3 Å². The normalized spacial score (nSPS) is 12.1. The number of guanidine groups is 1. The highest BCUT2D eigenvalue weighted by atomic mass is 19.4. The van der Waals surface area contributed by atoms with Gasteiger partial charge in [0, 0.05) is 11.6 Å². The van der Waals surface area contributed by atoms with Crippen molar-refractivity contribution in [2.24, 2.45) is 4.99 Å². The number of aromatic nitrogens is 2. The molecule has 0 unspecified atom stereocenters. The number of H-pyrrole nitrogens is 1. The van der Waals surface area contributed by atoms with E-state index in [4.69, 9.17) is 4.42 Å². The topological polar surface area (TPSA) is 95.3 Å². The van der Waals surface area contributed by atoms with Crippen molar-refractivity contribution in [3.8, 4) is 0 Å². The fraction of sp³-hybridized carbons (Fsp3) is 0.167. The quantitative estimate of drug-likeness (QED) is 0.346. The molecule has 1 amide bonds. The molecule has 0 atom stereocenters. The van der Waals surface area contributed by atoms with Gasteiger partial charge in [-0.15, -0.1) is 0 Å². The Morgan fingerprint density at radius 1 is 1.21 bits per heavy atom. The number of carbonyl (C=O) groups excluding carboxylic acids is 1. The molecule has 0 aliphatic carbocycles. The van der Waals surface area contributed by atoms with Crippen LogP contribution in [0.4, 0.5) is 23.4 Å². The molecule has 29 heavy (non-hydrogen) atoms. The van der Waals surface area contributed by atoms with Crippen LogP contribution in [-0.2, 0) is 12.7 Å². The second kappa shape index (κ2) is 8.17. The molecule has 0 saturated carbocycles. The molecular formula is C18H15F4N5O2. The lowest BCUT2D eigenvalue weighted by atomic mass is 10.2. The van der Waals surface area contributed by atoms with Crippen molar-refractivity contribution < 1.29 is 26.8 Å². The van der Waals surface area contributed by atoms with Crippen LogP contribution < -0.4 is 10.6 Å². The number of anilines is 1. The summed E-state index contributed by atoms with van der Waals surface area (Å²) in [5.74, 6) is -0.380. The monoisotopic (exact) mass is 409 g/mol. The highest BCUT2D eigenvalue weighted by molar-refractivity contribution is 6.09. The van der Waals surface area contributed by atoms with E-state index in [0.717, 1.165) is 18.2 Å². The van der Waals surface area contributed by atoms with E-state index in [0.29, 0.717) is 11.5 Å². The van der Waals surface area contributed by atoms with Crippen molar-refractivity contribution >= 4 is 17.7 Å². The number of aliphatic imine (C=N–C) groups is 1. The Balaban J connectivity index is 1.79. The van der Waals surface area contributed by atoms with Gasteiger partial charge in [-0.1, -0.05) is 0 Å². The van der Waals surface area contributed by atoms with Gasteiger partial charge in [-0.25, -0.2) is 9.38 Å². The second-order valence-corrected chi connectivity index (χ2v) is 5.93. The van der Waals surface area contributed by atoms with Crippen LogP contribution in [0.15, 0.2) is 51.9 Å². The molecule has 1 aromatic carbocycles. The first-order chi connectivity index (χ1) is 13.7. The number of nitrogens with one attached hydrogen (secondary N) is 3. The number of amides is 1. The summed E-state index contributed by atoms with van der Waals surface area (Å²) in [6.45, 7) is 1.75. The van der Waals surface area contributed by atoms with Gasteiger partial charge in [0.25, 0.3) is 5.91 Å². The number of benzene rings is 1. The van der Waals surface area contributed by atoms with E-state index < -0.39 is 23.6 Å². The average molecular weight is 409 g/mol. The van der Waals surface area contributed by atoms with E-state index in [1.54, 1.807) is 19.1 Å². The van der Waals surface area contributed by atoms with Crippen LogP contribution in [0.2, 0.25) is 0 Å². The lowest BCUT2D eigenvalue weighted by molar-refractivity contribution is -0.141. The van der Waals surface area contributed by atoms with E-state index in [9.17, 15) is 22.4 Å². The van der Waals surface area contributed by atoms with Gasteiger partial charge < -0.3 is 9.73 Å². The van der Waals surface area contributed by atoms with Crippen LogP contribution in [0.1, 0.15) is 27.6 Å². The molecule has 3 aromatic rings. The molecule has 7 nitrogen and oxygen atoms in total. The minimum absolute atomic E-state index is 0.0103. The smallest absolute Gasteiger partial charge is 0.432 e. The highest BCUT2D eigenvalue weighted by Gasteiger charge is 2.33. The summed E-state index contributed by atoms with van der Waals surface area (Å²) in [7, 11) is 0. The van der Waals surface area contributed by atoms with E-state index in [-0.39, 0.29) is 23.9 Å². The van der Waals surface area contributed by atoms with Gasteiger partial charge in [-0.05, 0) is 43.3 Å². The van der Waals surface area contributed by atoms with Crippen molar-refractivity contribution in [1.82, 2.24) is 15.5 Å². The summed E-state index contributed by atoms with van der Waals surface area (Å²) in [6.07, 6.45) is -4.60. The standard InChI is InChI=1S/C18H15F4N5O2/c1-10-2-7-13(29-10)9-23-17(24-15-8-14(26-27-15)18(20,21)22)25-16(28)11-3-5-12(19)6-4-11/h2-8H,9H2,1H3,(H3,23,24,25,26,27,28). The molecule has 0 fully saturated rings. The summed E-state index contributed by atoms with van der Waals surface area (Å²) in [5.41, 5.74) is -0.932. The Hall–Kier alpha value is -3.63. The maximum absolute atomic E-state index is 13.0. The van der Waals surface area contributed by atoms with Crippen molar-refractivity contribution in [3.63, 3.8) is 0 Å². The molecule has 2 heterocycles. The van der Waals surface area contributed by atoms with Gasteiger partial charge >= 0.3 is 6.18 Å². The van der Waals surface area contributed by atoms with Crippen LogP contribution in [0, 0.1) is 12.7 Å². The number of halogens is 4. The molecule has 0 saturated heterocycles. The summed E-state index contributed by atoms with van der Waals surface area (Å²) in [6, 6.07) is 8.86. The number of alkyl halides is 3. The van der Waals surface area contributed by atoms with Gasteiger partial charge in [-0.3, -0.25) is 15.2 Å². The number of rotatable bonds is 4. The maximum Gasteiger partial charge on any atom is 0.432 e. The Bertz CT molecular complexity index is 1020. The first-order valence-corrected chi connectivity index (χ1v) is 8.27. The van der Waals surface area contributed by atoms with Gasteiger partial charge in [0.2, 0.25) is 5.96 Å². The second-order valence-electron chi connectivity index (χ2n) is 5.93. The van der Waals surface area contributed by atoms with Crippen LogP contribution in [0.3, 0.4) is 0 Å². The summed E-state index contributed by atoms with van der Waals surface area (Å²) >= 11 is 0. The number of nitrogens with zero attached hydrogens (tertiary/aromatic N) is 2. The lowest BCUT2D eigenvalue weighted by Gasteiger charge is -2.10. The largest absolute Gasteiger partial charge is 0.464 e. The zero-order valence-corrected chi connectivity index (χ0v) is 15.0. The van der Waals surface area contributed by atoms with Crippen molar-refractivity contribution in [1.29, 1.82) is 0 Å². The van der Waals surface area contributed by atoms with Crippen LogP contribution in [0.5, 0.6) is 0 Å². The SMILES string of the molecule is Cc1ccc(CN=C(NC(=O)c2ccc(F)cc2)Nc2cc(C(F)(F)F)[nH]n2)o1. The number of hydrogen-bond acceptors (Lipinski definition) is 4. The Morgan fingerprint density at radius 3 is 2.52 bits per heavy atom. The number of aryl methyl sites for hydroxylation is 1. The fourth-order valence-corrected chi connectivity index (χ4v) is 2.27. The summed E-state index contributed by atoms with van der Waals surface area (Å²) in [4.78, 5) is 16.5. The van der Waals surface area contributed by atoms with Crippen LogP contribution >= 0.6 is 0 Å². The summed E-state index contributed by atoms with van der Waals surface area (Å²) < 4.78 is 56.6. The van der Waals surface area contributed by atoms with Gasteiger partial charge in [0.15, 0.2) is 5.82 Å². The number of hydrogen-bond donors (Lipinski definition) is 3.